The number of rotatable bonds is 7. The maximum atomic E-state index is 14.9. The standard InChI is InChI=1S/C32H25ClF2N2O5/c33-19-4-10-25-27(15-19)36-31(40)32(25)26(18-2-1-3-20(34)14-18)17-29(39)37-30(32)24-16-21(35)5-11-28(24)42-23-8-6-22(7-9-23)41-13-12-38/h1-11,14-16,26,30,38H,12-13,17H2,(H,36,40)(H,37,39)/t26-,30+,32-/m0/s1. The van der Waals surface area contributed by atoms with Gasteiger partial charge in [-0.15, -0.1) is 0 Å². The number of ether oxygens (including phenoxy) is 2. The minimum absolute atomic E-state index is 0.115. The van der Waals surface area contributed by atoms with E-state index in [1.807, 2.05) is 0 Å². The molecule has 2 aliphatic heterocycles. The Kier molecular flexibility index (Phi) is 7.30. The van der Waals surface area contributed by atoms with Gasteiger partial charge in [-0.2, -0.15) is 0 Å². The highest BCUT2D eigenvalue weighted by molar-refractivity contribution is 6.31. The Morgan fingerprint density at radius 1 is 0.929 bits per heavy atom. The molecular formula is C32H25ClF2N2O5. The minimum atomic E-state index is -1.50. The number of anilines is 1. The van der Waals surface area contributed by atoms with Crippen LogP contribution in [0.15, 0.2) is 84.9 Å². The number of fused-ring (bicyclic) bond motifs is 2. The van der Waals surface area contributed by atoms with E-state index in [4.69, 9.17) is 26.2 Å². The Balaban J connectivity index is 1.52. The Bertz CT molecular complexity index is 1680. The molecule has 3 atom stereocenters. The van der Waals surface area contributed by atoms with Crippen molar-refractivity contribution in [1.29, 1.82) is 0 Å². The molecule has 4 aromatic rings. The molecule has 1 saturated heterocycles. The fourth-order valence-electron chi connectivity index (χ4n) is 6.00. The molecule has 0 radical (unpaired) electrons. The van der Waals surface area contributed by atoms with Crippen LogP contribution in [0.5, 0.6) is 17.2 Å². The van der Waals surface area contributed by atoms with E-state index >= 15 is 0 Å². The highest BCUT2D eigenvalue weighted by Gasteiger charge is 2.61. The van der Waals surface area contributed by atoms with Gasteiger partial charge in [0, 0.05) is 28.6 Å². The van der Waals surface area contributed by atoms with E-state index in [2.05, 4.69) is 10.6 Å². The molecule has 7 nitrogen and oxygen atoms in total. The highest BCUT2D eigenvalue weighted by atomic mass is 35.5. The van der Waals surface area contributed by atoms with Gasteiger partial charge in [-0.1, -0.05) is 29.8 Å². The van der Waals surface area contributed by atoms with Gasteiger partial charge in [0.1, 0.15) is 40.9 Å². The molecule has 0 bridgehead atoms. The molecule has 4 aromatic carbocycles. The predicted molar refractivity (Wildman–Crippen MR) is 152 cm³/mol. The van der Waals surface area contributed by atoms with Gasteiger partial charge in [-0.3, -0.25) is 9.59 Å². The summed E-state index contributed by atoms with van der Waals surface area (Å²) >= 11 is 6.26. The van der Waals surface area contributed by atoms with Gasteiger partial charge in [0.05, 0.1) is 12.6 Å². The van der Waals surface area contributed by atoms with Crippen molar-refractivity contribution in [2.45, 2.75) is 23.8 Å². The summed E-state index contributed by atoms with van der Waals surface area (Å²) < 4.78 is 41.0. The van der Waals surface area contributed by atoms with Gasteiger partial charge in [0.15, 0.2) is 0 Å². The van der Waals surface area contributed by atoms with Crippen LogP contribution in [-0.2, 0) is 15.0 Å². The number of benzene rings is 4. The SMILES string of the molecule is O=C1C[C@@H](c2cccc(F)c2)[C@]2(C(=O)Nc3cc(Cl)ccc32)[C@@H](c2cc(F)ccc2Oc2ccc(OCCO)cc2)N1. The lowest BCUT2D eigenvalue weighted by atomic mass is 9.59. The van der Waals surface area contributed by atoms with Crippen LogP contribution in [0.4, 0.5) is 14.5 Å². The van der Waals surface area contributed by atoms with Crippen molar-refractivity contribution in [2.75, 3.05) is 18.5 Å². The Morgan fingerprint density at radius 2 is 1.69 bits per heavy atom. The van der Waals surface area contributed by atoms with Crippen LogP contribution in [0.25, 0.3) is 0 Å². The summed E-state index contributed by atoms with van der Waals surface area (Å²) in [6, 6.07) is 20.1. The van der Waals surface area contributed by atoms with Crippen molar-refractivity contribution in [3.63, 3.8) is 0 Å². The first kappa shape index (κ1) is 27.7. The molecule has 3 N–H and O–H groups in total. The first-order valence-electron chi connectivity index (χ1n) is 13.3. The quantitative estimate of drug-likeness (QED) is 0.245. The van der Waals surface area contributed by atoms with E-state index in [9.17, 15) is 18.4 Å². The van der Waals surface area contributed by atoms with Crippen LogP contribution in [-0.4, -0.2) is 30.1 Å². The van der Waals surface area contributed by atoms with Crippen molar-refractivity contribution in [3.8, 4) is 17.2 Å². The number of aliphatic hydroxyl groups excluding tert-OH is 1. The average molecular weight is 591 g/mol. The molecule has 2 amide bonds. The van der Waals surface area contributed by atoms with Crippen LogP contribution in [0.1, 0.15) is 35.1 Å². The summed E-state index contributed by atoms with van der Waals surface area (Å²) in [5.74, 6) is -1.65. The number of hydrogen-bond acceptors (Lipinski definition) is 5. The van der Waals surface area contributed by atoms with E-state index in [0.29, 0.717) is 33.3 Å². The first-order chi connectivity index (χ1) is 20.3. The Morgan fingerprint density at radius 3 is 2.45 bits per heavy atom. The summed E-state index contributed by atoms with van der Waals surface area (Å²) in [5, 5.41) is 15.2. The molecular weight excluding hydrogens is 566 g/mol. The molecule has 1 fully saturated rings. The molecule has 2 heterocycles. The maximum absolute atomic E-state index is 14.9. The summed E-state index contributed by atoms with van der Waals surface area (Å²) in [6.07, 6.45) is -0.115. The third-order valence-electron chi connectivity index (χ3n) is 7.70. The minimum Gasteiger partial charge on any atom is -0.491 e. The second kappa shape index (κ2) is 11.1. The molecule has 1 spiro atoms. The van der Waals surface area contributed by atoms with Crippen molar-refractivity contribution in [1.82, 2.24) is 5.32 Å². The second-order valence-corrected chi connectivity index (χ2v) is 10.6. The lowest BCUT2D eigenvalue weighted by Crippen LogP contribution is -2.56. The van der Waals surface area contributed by atoms with Crippen molar-refractivity contribution in [2.24, 2.45) is 0 Å². The number of nitrogens with one attached hydrogen (secondary N) is 2. The molecule has 10 heteroatoms. The van der Waals surface area contributed by atoms with Crippen LogP contribution < -0.4 is 20.1 Å². The number of hydrogen-bond donors (Lipinski definition) is 3. The summed E-state index contributed by atoms with van der Waals surface area (Å²) in [5.41, 5.74) is 0.160. The van der Waals surface area contributed by atoms with Gasteiger partial charge in [-0.05, 0) is 77.9 Å². The third kappa shape index (κ3) is 4.84. The number of carbonyl (C=O) groups is 2. The summed E-state index contributed by atoms with van der Waals surface area (Å²) in [7, 11) is 0. The van der Waals surface area contributed by atoms with E-state index in [1.165, 1.54) is 36.4 Å². The zero-order chi connectivity index (χ0) is 29.4. The monoisotopic (exact) mass is 590 g/mol. The van der Waals surface area contributed by atoms with Crippen molar-refractivity contribution < 1.29 is 33.0 Å². The maximum Gasteiger partial charge on any atom is 0.238 e. The van der Waals surface area contributed by atoms with Gasteiger partial charge < -0.3 is 25.2 Å². The highest BCUT2D eigenvalue weighted by Crippen LogP contribution is 2.58. The Hall–Kier alpha value is -4.47. The van der Waals surface area contributed by atoms with Gasteiger partial charge in [0.25, 0.3) is 0 Å². The summed E-state index contributed by atoms with van der Waals surface area (Å²) in [6.45, 7) is -0.00141. The van der Waals surface area contributed by atoms with Crippen LogP contribution in [0, 0.1) is 11.6 Å². The zero-order valence-electron chi connectivity index (χ0n) is 22.1. The van der Waals surface area contributed by atoms with Crippen LogP contribution in [0.2, 0.25) is 5.02 Å². The largest absolute Gasteiger partial charge is 0.491 e. The van der Waals surface area contributed by atoms with Crippen LogP contribution in [0.3, 0.4) is 0 Å². The van der Waals surface area contributed by atoms with Crippen LogP contribution >= 0.6 is 11.6 Å². The predicted octanol–water partition coefficient (Wildman–Crippen LogP) is 6.02. The molecule has 0 saturated carbocycles. The second-order valence-electron chi connectivity index (χ2n) is 10.2. The molecule has 2 aliphatic rings. The molecule has 0 unspecified atom stereocenters. The molecule has 6 rings (SSSR count). The number of halogens is 3. The molecule has 42 heavy (non-hydrogen) atoms. The lowest BCUT2D eigenvalue weighted by molar-refractivity contribution is -0.131. The molecule has 214 valence electrons. The van der Waals surface area contributed by atoms with Gasteiger partial charge in [-0.25, -0.2) is 8.78 Å². The lowest BCUT2D eigenvalue weighted by Gasteiger charge is -2.46. The number of piperidine rings is 1. The van der Waals surface area contributed by atoms with Gasteiger partial charge in [0.2, 0.25) is 11.8 Å². The van der Waals surface area contributed by atoms with E-state index in [-0.39, 0.29) is 30.9 Å². The number of carbonyl (C=O) groups excluding carboxylic acids is 2. The van der Waals surface area contributed by atoms with E-state index in [0.717, 1.165) is 0 Å². The Labute approximate surface area is 245 Å². The average Bonchev–Trinajstić information content (AvgIpc) is 3.25. The zero-order valence-corrected chi connectivity index (χ0v) is 22.8. The number of aliphatic hydroxyl groups is 1. The van der Waals surface area contributed by atoms with E-state index < -0.39 is 40.8 Å². The first-order valence-corrected chi connectivity index (χ1v) is 13.6. The molecule has 0 aromatic heterocycles. The third-order valence-corrected chi connectivity index (χ3v) is 7.93. The van der Waals surface area contributed by atoms with Crippen molar-refractivity contribution in [3.05, 3.63) is 118 Å². The fraction of sp³-hybridized carbons (Fsp3) is 0.188. The molecule has 0 aliphatic carbocycles. The summed E-state index contributed by atoms with van der Waals surface area (Å²) in [4.78, 5) is 27.5. The number of amides is 2. The van der Waals surface area contributed by atoms with Crippen molar-refractivity contribution >= 4 is 29.1 Å². The normalized spacial score (nSPS) is 21.0. The van der Waals surface area contributed by atoms with E-state index in [1.54, 1.807) is 48.5 Å². The smallest absolute Gasteiger partial charge is 0.238 e. The van der Waals surface area contributed by atoms with Gasteiger partial charge >= 0.3 is 0 Å². The fourth-order valence-corrected chi connectivity index (χ4v) is 6.17. The topological polar surface area (TPSA) is 96.9 Å².